The number of aliphatic hydroxyl groups excluding tert-OH is 2. The summed E-state index contributed by atoms with van der Waals surface area (Å²) in [5.74, 6) is 0. The molecule has 2 aromatic carbocycles. The first-order chi connectivity index (χ1) is 17.1. The fourth-order valence-electron chi connectivity index (χ4n) is 2.27. The summed E-state index contributed by atoms with van der Waals surface area (Å²) in [6.45, 7) is -4.32. The number of hydrogen-bond acceptors (Lipinski definition) is 4. The zero-order chi connectivity index (χ0) is 27.2. The zero-order valence-corrected chi connectivity index (χ0v) is 19.6. The third-order valence-corrected chi connectivity index (χ3v) is 3.47. The van der Waals surface area contributed by atoms with Crippen molar-refractivity contribution < 1.29 is 38.5 Å². The molecule has 0 fully saturated rings. The predicted octanol–water partition coefficient (Wildman–Crippen LogP) is 4.93. The van der Waals surface area contributed by atoms with Gasteiger partial charge < -0.3 is 20.2 Å². The summed E-state index contributed by atoms with van der Waals surface area (Å²) in [4.78, 5) is 8.24. The minimum atomic E-state index is -2.16. The molecule has 0 saturated carbocycles. The van der Waals surface area contributed by atoms with Crippen LogP contribution in [0.4, 0.5) is 0 Å². The Kier molecular flexibility index (Phi) is 10.5. The first-order valence-electron chi connectivity index (χ1n) is 11.9. The fourth-order valence-corrected chi connectivity index (χ4v) is 2.27. The summed E-state index contributed by atoms with van der Waals surface area (Å²) < 4.78 is 43.8. The van der Waals surface area contributed by atoms with Gasteiger partial charge in [0.1, 0.15) is 0 Å². The molecule has 0 aliphatic carbocycles. The molecule has 5 heteroatoms. The Morgan fingerprint density at radius 3 is 1.35 bits per heavy atom. The van der Waals surface area contributed by atoms with Gasteiger partial charge in [0.25, 0.3) is 0 Å². The third kappa shape index (κ3) is 10.3. The molecule has 0 aliphatic rings. The number of hydrogen-bond donors (Lipinski definition) is 2. The van der Waals surface area contributed by atoms with Gasteiger partial charge in [0, 0.05) is 53.9 Å². The van der Waals surface area contributed by atoms with Crippen LogP contribution in [0.25, 0.3) is 22.5 Å². The molecule has 1 radical (unpaired) electrons. The number of aliphatic hydroxyl groups is 2. The molecule has 0 atom stereocenters. The molecule has 0 saturated heterocycles. The van der Waals surface area contributed by atoms with E-state index < -0.39 is 13.7 Å². The molecule has 4 nitrogen and oxygen atoms in total. The van der Waals surface area contributed by atoms with E-state index in [1.54, 1.807) is 36.4 Å². The molecule has 4 aromatic rings. The van der Waals surface area contributed by atoms with Crippen LogP contribution in [0.2, 0.25) is 0 Å². The van der Waals surface area contributed by atoms with Crippen LogP contribution in [0.3, 0.4) is 0 Å². The molecule has 2 heterocycles. The normalized spacial score (nSPS) is 12.4. The second-order valence-electron chi connectivity index (χ2n) is 5.37. The molecule has 0 amide bonds. The van der Waals surface area contributed by atoms with E-state index in [4.69, 9.17) is 18.4 Å². The van der Waals surface area contributed by atoms with Crippen molar-refractivity contribution in [3.8, 4) is 22.5 Å². The number of pyridine rings is 2. The number of nitrogens with zero attached hydrogens (tertiary/aromatic N) is 2. The van der Waals surface area contributed by atoms with Crippen LogP contribution in [0.1, 0.15) is 19.6 Å². The maximum atomic E-state index is 7.29. The zero-order valence-electron chi connectivity index (χ0n) is 23.2. The number of benzene rings is 2. The van der Waals surface area contributed by atoms with E-state index in [0.717, 1.165) is 25.3 Å². The molecule has 0 bridgehead atoms. The molecular weight excluding hydrogens is 565 g/mol. The Balaban J connectivity index is 0.000000603. The Bertz CT molecular complexity index is 1070. The number of aryl methyl sites for hydroxylation is 2. The van der Waals surface area contributed by atoms with E-state index in [2.05, 4.69) is 22.1 Å². The molecule has 0 spiro atoms. The van der Waals surface area contributed by atoms with E-state index in [1.165, 1.54) is 12.1 Å². The Hall–Kier alpha value is -2.69. The van der Waals surface area contributed by atoms with Gasteiger partial charge in [-0.1, -0.05) is 24.3 Å². The molecule has 2 N–H and O–H groups in total. The van der Waals surface area contributed by atoms with E-state index in [0.29, 0.717) is 11.4 Å². The van der Waals surface area contributed by atoms with E-state index >= 15 is 0 Å². The average molecular weight is 599 g/mol. The summed E-state index contributed by atoms with van der Waals surface area (Å²) in [7, 11) is 2.00. The van der Waals surface area contributed by atoms with Crippen LogP contribution < -0.4 is 0 Å². The summed E-state index contributed by atoms with van der Waals surface area (Å²) in [6, 6.07) is 30.7. The first-order valence-corrected chi connectivity index (χ1v) is 8.93. The van der Waals surface area contributed by atoms with E-state index in [-0.39, 0.29) is 31.5 Å². The summed E-state index contributed by atoms with van der Waals surface area (Å²) in [5.41, 5.74) is 3.09. The standard InChI is InChI=1S/2C12H10N.2CH4O.Ir/c2*1-10-6-5-9-12(13-10)11-7-3-2-4-8-11;2*1-2;/h2*2-7,9H,1H3;2*2H,1H3;/q2*-1;;;/i2*1D3;;;. The van der Waals surface area contributed by atoms with Crippen molar-refractivity contribution in [1.82, 2.24) is 9.97 Å². The average Bonchev–Trinajstić information content (AvgIpc) is 2.92. The van der Waals surface area contributed by atoms with Crippen LogP contribution in [-0.4, -0.2) is 34.4 Å². The topological polar surface area (TPSA) is 66.2 Å². The quantitative estimate of drug-likeness (QED) is 0.322. The monoisotopic (exact) mass is 599 g/mol. The van der Waals surface area contributed by atoms with E-state index in [1.807, 2.05) is 36.4 Å². The largest absolute Gasteiger partial charge is 0.400 e. The second-order valence-corrected chi connectivity index (χ2v) is 5.37. The predicted molar refractivity (Wildman–Crippen MR) is 123 cm³/mol. The molecule has 4 rings (SSSR count). The first kappa shape index (κ1) is 19.0. The van der Waals surface area contributed by atoms with Crippen molar-refractivity contribution in [3.63, 3.8) is 0 Å². The minimum Gasteiger partial charge on any atom is -0.400 e. The summed E-state index contributed by atoms with van der Waals surface area (Å²) >= 11 is 0. The van der Waals surface area contributed by atoms with Crippen LogP contribution >= 0.6 is 0 Å². The third-order valence-electron chi connectivity index (χ3n) is 3.47. The van der Waals surface area contributed by atoms with Crippen LogP contribution in [0.5, 0.6) is 0 Å². The van der Waals surface area contributed by atoms with Gasteiger partial charge in [0.2, 0.25) is 0 Å². The molecule has 31 heavy (non-hydrogen) atoms. The van der Waals surface area contributed by atoms with Gasteiger partial charge in [-0.2, -0.15) is 0 Å². The van der Waals surface area contributed by atoms with Crippen LogP contribution in [0, 0.1) is 25.8 Å². The Morgan fingerprint density at radius 1 is 0.613 bits per heavy atom. The van der Waals surface area contributed by atoms with Gasteiger partial charge in [-0.05, 0) is 37.2 Å². The Morgan fingerprint density at radius 2 is 1.03 bits per heavy atom. The Labute approximate surface area is 207 Å². The molecular formula is C26H28IrN2O2-2. The fraction of sp³-hybridized carbons (Fsp3) is 0.154. The minimum absolute atomic E-state index is 0. The van der Waals surface area contributed by atoms with Crippen molar-refractivity contribution in [1.29, 1.82) is 0 Å². The maximum absolute atomic E-state index is 7.29. The molecule has 0 unspecified atom stereocenters. The maximum Gasteiger partial charge on any atom is 0.0319 e. The van der Waals surface area contributed by atoms with Gasteiger partial charge >= 0.3 is 0 Å². The van der Waals surface area contributed by atoms with Crippen LogP contribution in [-0.2, 0) is 20.1 Å². The molecule has 165 valence electrons. The molecule has 0 aliphatic heterocycles. The van der Waals surface area contributed by atoms with Crippen molar-refractivity contribution in [2.24, 2.45) is 0 Å². The van der Waals surface area contributed by atoms with Gasteiger partial charge in [-0.25, -0.2) is 0 Å². The number of rotatable bonds is 2. The second kappa shape index (κ2) is 17.0. The van der Waals surface area contributed by atoms with Gasteiger partial charge in [0.15, 0.2) is 0 Å². The molecule has 2 aromatic heterocycles. The van der Waals surface area contributed by atoms with Crippen molar-refractivity contribution in [2.45, 2.75) is 13.7 Å². The SMILES string of the molecule is CO.CO.[2H]C([2H])([2H])c1cccc(-c2[c-]cccc2)n1.[2H]C([2H])([2H])c1cccc(-c2[c-]cccc2)n1.[Ir]. The van der Waals surface area contributed by atoms with Gasteiger partial charge in [-0.15, -0.1) is 71.8 Å². The smallest absolute Gasteiger partial charge is 0.0319 e. The van der Waals surface area contributed by atoms with Crippen molar-refractivity contribution >= 4 is 0 Å². The van der Waals surface area contributed by atoms with Gasteiger partial charge in [0.05, 0.1) is 0 Å². The van der Waals surface area contributed by atoms with Crippen molar-refractivity contribution in [3.05, 3.63) is 108 Å². The van der Waals surface area contributed by atoms with Gasteiger partial charge in [-0.3, -0.25) is 0 Å². The summed E-state index contributed by atoms with van der Waals surface area (Å²) in [5, 5.41) is 14.0. The van der Waals surface area contributed by atoms with Crippen LogP contribution in [0.15, 0.2) is 84.9 Å². The van der Waals surface area contributed by atoms with Crippen molar-refractivity contribution in [2.75, 3.05) is 14.2 Å². The number of aromatic nitrogens is 2. The summed E-state index contributed by atoms with van der Waals surface area (Å²) in [6.07, 6.45) is 0. The van der Waals surface area contributed by atoms with E-state index in [9.17, 15) is 0 Å².